The van der Waals surface area contributed by atoms with Crippen molar-refractivity contribution in [2.75, 3.05) is 6.61 Å². The molecular weight excluding hydrogens is 383 g/mol. The number of alkyl halides is 3. The van der Waals surface area contributed by atoms with Crippen molar-refractivity contribution >= 4 is 17.4 Å². The maximum atomic E-state index is 13.3. The molecule has 1 aliphatic rings. The molecule has 1 aliphatic carbocycles. The van der Waals surface area contributed by atoms with Crippen LogP contribution in [-0.4, -0.2) is 24.7 Å². The highest BCUT2D eigenvalue weighted by Crippen LogP contribution is 2.33. The molecule has 1 atom stereocenters. The van der Waals surface area contributed by atoms with Gasteiger partial charge in [-0.15, -0.1) is 0 Å². The van der Waals surface area contributed by atoms with Crippen LogP contribution in [-0.2, 0) is 20.7 Å². The number of esters is 1. The van der Waals surface area contributed by atoms with E-state index in [9.17, 15) is 22.8 Å². The number of fused-ring (bicyclic) bond motifs is 1. The van der Waals surface area contributed by atoms with Gasteiger partial charge in [0, 0.05) is 6.08 Å². The van der Waals surface area contributed by atoms with Crippen LogP contribution >= 0.6 is 0 Å². The quantitative estimate of drug-likeness (QED) is 0.596. The number of aryl methyl sites for hydroxylation is 1. The average Bonchev–Trinajstić information content (AvgIpc) is 2.70. The third kappa shape index (κ3) is 5.47. The predicted octanol–water partition coefficient (Wildman–Crippen LogP) is 4.37. The Kier molecular flexibility index (Phi) is 6.36. The van der Waals surface area contributed by atoms with E-state index in [0.29, 0.717) is 6.08 Å². The van der Waals surface area contributed by atoms with Crippen LogP contribution < -0.4 is 5.32 Å². The zero-order chi connectivity index (χ0) is 20.9. The van der Waals surface area contributed by atoms with E-state index in [2.05, 4.69) is 5.32 Å². The highest BCUT2D eigenvalue weighted by atomic mass is 19.4. The molecule has 152 valence electrons. The number of halogens is 3. The molecule has 2 aromatic rings. The molecule has 0 heterocycles. The number of hydrogen-bond acceptors (Lipinski definition) is 3. The Balaban J connectivity index is 1.61. The molecule has 1 unspecified atom stereocenters. The van der Waals surface area contributed by atoms with Crippen LogP contribution in [0.3, 0.4) is 0 Å². The number of benzene rings is 2. The van der Waals surface area contributed by atoms with Crippen LogP contribution in [0.4, 0.5) is 13.2 Å². The molecule has 1 N–H and O–H groups in total. The zero-order valence-electron chi connectivity index (χ0n) is 15.5. The zero-order valence-corrected chi connectivity index (χ0v) is 15.5. The Labute approximate surface area is 166 Å². The monoisotopic (exact) mass is 403 g/mol. The van der Waals surface area contributed by atoms with Crippen molar-refractivity contribution in [3.8, 4) is 0 Å². The molecule has 1 amide bonds. The van der Waals surface area contributed by atoms with Crippen molar-refractivity contribution in [1.29, 1.82) is 0 Å². The van der Waals surface area contributed by atoms with E-state index in [1.165, 1.54) is 24.3 Å². The van der Waals surface area contributed by atoms with Gasteiger partial charge in [0.15, 0.2) is 6.61 Å². The lowest BCUT2D eigenvalue weighted by Gasteiger charge is -2.26. The Hall–Kier alpha value is -3.09. The van der Waals surface area contributed by atoms with Gasteiger partial charge in [-0.25, -0.2) is 4.79 Å². The summed E-state index contributed by atoms with van der Waals surface area (Å²) < 4.78 is 44.5. The second kappa shape index (κ2) is 8.94. The molecule has 2 aromatic carbocycles. The van der Waals surface area contributed by atoms with Gasteiger partial charge in [0.2, 0.25) is 0 Å². The molecule has 0 spiro atoms. The first kappa shape index (κ1) is 20.6. The molecule has 0 saturated carbocycles. The molecule has 0 bridgehead atoms. The first-order valence-corrected chi connectivity index (χ1v) is 9.23. The van der Waals surface area contributed by atoms with Gasteiger partial charge in [0.1, 0.15) is 0 Å². The van der Waals surface area contributed by atoms with E-state index >= 15 is 0 Å². The first-order chi connectivity index (χ1) is 13.8. The number of rotatable bonds is 5. The van der Waals surface area contributed by atoms with Crippen LogP contribution in [0, 0.1) is 0 Å². The van der Waals surface area contributed by atoms with E-state index in [0.717, 1.165) is 30.4 Å². The summed E-state index contributed by atoms with van der Waals surface area (Å²) in [5, 5.41) is 2.79. The molecule has 3 rings (SSSR count). The third-order valence-corrected chi connectivity index (χ3v) is 4.70. The van der Waals surface area contributed by atoms with E-state index in [1.54, 1.807) is 6.07 Å². The SMILES string of the molecule is O=C(COC(=O)/C=C(\c1ccccc1)C(F)(F)F)NC1CCCc2ccccc21. The maximum Gasteiger partial charge on any atom is 0.417 e. The molecule has 0 aromatic heterocycles. The van der Waals surface area contributed by atoms with Crippen LogP contribution in [0.2, 0.25) is 0 Å². The summed E-state index contributed by atoms with van der Waals surface area (Å²) in [6.45, 7) is -0.645. The Bertz CT molecular complexity index is 907. The lowest BCUT2D eigenvalue weighted by atomic mass is 9.88. The fraction of sp³-hybridized carbons (Fsp3) is 0.273. The lowest BCUT2D eigenvalue weighted by molar-refractivity contribution is -0.144. The standard InChI is InChI=1S/C22H20F3NO3/c23-22(24,25)18(16-8-2-1-3-9-16)13-21(28)29-14-20(27)26-19-12-6-10-15-7-4-5-11-17(15)19/h1-5,7-9,11,13,19H,6,10,12,14H2,(H,26,27)/b18-13+. The van der Waals surface area contributed by atoms with Crippen LogP contribution in [0.1, 0.15) is 35.6 Å². The number of allylic oxidation sites excluding steroid dienone is 1. The van der Waals surface area contributed by atoms with Crippen molar-refractivity contribution in [2.45, 2.75) is 31.5 Å². The van der Waals surface area contributed by atoms with Gasteiger partial charge in [-0.2, -0.15) is 13.2 Å². The molecular formula is C22H20F3NO3. The minimum atomic E-state index is -4.73. The summed E-state index contributed by atoms with van der Waals surface area (Å²) >= 11 is 0. The fourth-order valence-corrected chi connectivity index (χ4v) is 3.38. The van der Waals surface area contributed by atoms with Gasteiger partial charge in [-0.05, 0) is 36.0 Å². The highest BCUT2D eigenvalue weighted by molar-refractivity contribution is 5.93. The summed E-state index contributed by atoms with van der Waals surface area (Å²) in [5.74, 6) is -1.78. The average molecular weight is 403 g/mol. The van der Waals surface area contributed by atoms with Crippen molar-refractivity contribution in [3.63, 3.8) is 0 Å². The fourth-order valence-electron chi connectivity index (χ4n) is 3.38. The second-order valence-corrected chi connectivity index (χ2v) is 6.74. The number of carbonyl (C=O) groups excluding carboxylic acids is 2. The van der Waals surface area contributed by atoms with E-state index in [1.807, 2.05) is 24.3 Å². The first-order valence-electron chi connectivity index (χ1n) is 9.23. The van der Waals surface area contributed by atoms with Crippen LogP contribution in [0.5, 0.6) is 0 Å². The minimum Gasteiger partial charge on any atom is -0.452 e. The molecule has 29 heavy (non-hydrogen) atoms. The molecule has 0 aliphatic heterocycles. The van der Waals surface area contributed by atoms with Gasteiger partial charge in [-0.3, -0.25) is 4.79 Å². The number of hydrogen-bond donors (Lipinski definition) is 1. The number of amides is 1. The molecule has 4 nitrogen and oxygen atoms in total. The predicted molar refractivity (Wildman–Crippen MR) is 102 cm³/mol. The Morgan fingerprint density at radius 2 is 1.76 bits per heavy atom. The summed E-state index contributed by atoms with van der Waals surface area (Å²) in [5.41, 5.74) is 0.897. The number of nitrogens with one attached hydrogen (secondary N) is 1. The maximum absolute atomic E-state index is 13.3. The summed E-state index contributed by atoms with van der Waals surface area (Å²) in [4.78, 5) is 24.0. The largest absolute Gasteiger partial charge is 0.452 e. The highest BCUT2D eigenvalue weighted by Gasteiger charge is 2.35. The molecule has 0 saturated heterocycles. The van der Waals surface area contributed by atoms with E-state index < -0.39 is 30.2 Å². The van der Waals surface area contributed by atoms with Crippen molar-refractivity contribution in [1.82, 2.24) is 5.32 Å². The van der Waals surface area contributed by atoms with Gasteiger partial charge in [0.05, 0.1) is 11.6 Å². The summed E-state index contributed by atoms with van der Waals surface area (Å²) in [6.07, 6.45) is -1.76. The van der Waals surface area contributed by atoms with Gasteiger partial charge < -0.3 is 10.1 Å². The van der Waals surface area contributed by atoms with Crippen LogP contribution in [0.25, 0.3) is 5.57 Å². The Morgan fingerprint density at radius 1 is 1.07 bits per heavy atom. The smallest absolute Gasteiger partial charge is 0.417 e. The van der Waals surface area contributed by atoms with Gasteiger partial charge in [0.25, 0.3) is 5.91 Å². The molecule has 0 radical (unpaired) electrons. The van der Waals surface area contributed by atoms with E-state index in [4.69, 9.17) is 4.74 Å². The Morgan fingerprint density at radius 3 is 2.48 bits per heavy atom. The van der Waals surface area contributed by atoms with Crippen LogP contribution in [0.15, 0.2) is 60.7 Å². The summed E-state index contributed by atoms with van der Waals surface area (Å²) in [6, 6.07) is 14.5. The number of carbonyl (C=O) groups is 2. The minimum absolute atomic E-state index is 0.153. The van der Waals surface area contributed by atoms with Crippen molar-refractivity contribution < 1.29 is 27.5 Å². The summed E-state index contributed by atoms with van der Waals surface area (Å²) in [7, 11) is 0. The lowest BCUT2D eigenvalue weighted by Crippen LogP contribution is -2.34. The van der Waals surface area contributed by atoms with Crippen molar-refractivity contribution in [3.05, 3.63) is 77.4 Å². The number of ether oxygens (including phenoxy) is 1. The third-order valence-electron chi connectivity index (χ3n) is 4.70. The molecule has 7 heteroatoms. The normalized spacial score (nSPS) is 16.7. The topological polar surface area (TPSA) is 55.4 Å². The van der Waals surface area contributed by atoms with Crippen molar-refractivity contribution in [2.24, 2.45) is 0 Å². The van der Waals surface area contributed by atoms with Gasteiger partial charge >= 0.3 is 12.1 Å². The molecule has 0 fully saturated rings. The van der Waals surface area contributed by atoms with E-state index in [-0.39, 0.29) is 11.6 Å². The second-order valence-electron chi connectivity index (χ2n) is 6.74. The van der Waals surface area contributed by atoms with Gasteiger partial charge in [-0.1, -0.05) is 54.6 Å².